The van der Waals surface area contributed by atoms with Crippen LogP contribution < -0.4 is 10.5 Å². The molecule has 110 valence electrons. The lowest BCUT2D eigenvalue weighted by Crippen LogP contribution is -2.12. The van der Waals surface area contributed by atoms with E-state index in [1.165, 1.54) is 18.2 Å². The number of benzene rings is 2. The number of hydrogen-bond acceptors (Lipinski definition) is 3. The molecule has 0 heterocycles. The first-order valence-corrected chi connectivity index (χ1v) is 7.03. The normalized spacial score (nSPS) is 11.5. The summed E-state index contributed by atoms with van der Waals surface area (Å²) in [6, 6.07) is 7.60. The van der Waals surface area contributed by atoms with Crippen LogP contribution in [0.5, 0.6) is 11.5 Å². The molecule has 21 heavy (non-hydrogen) atoms. The fourth-order valence-electron chi connectivity index (χ4n) is 1.50. The van der Waals surface area contributed by atoms with Gasteiger partial charge in [-0.1, -0.05) is 51.6 Å². The van der Waals surface area contributed by atoms with Crippen LogP contribution in [0, 0.1) is 0 Å². The molecule has 2 aromatic rings. The summed E-state index contributed by atoms with van der Waals surface area (Å²) in [5.41, 5.74) is 5.93. The van der Waals surface area contributed by atoms with Crippen molar-refractivity contribution in [2.75, 3.05) is 0 Å². The zero-order valence-electron chi connectivity index (χ0n) is 10.3. The Kier molecular flexibility index (Phi) is 5.06. The van der Waals surface area contributed by atoms with Gasteiger partial charge in [0.2, 0.25) is 0 Å². The molecule has 0 unspecified atom stereocenters. The van der Waals surface area contributed by atoms with E-state index in [1.807, 2.05) is 0 Å². The summed E-state index contributed by atoms with van der Waals surface area (Å²) in [6.45, 7) is 0. The maximum Gasteiger partial charge on any atom is 0.170 e. The molecule has 4 nitrogen and oxygen atoms in total. The lowest BCUT2D eigenvalue weighted by atomic mass is 10.2. The van der Waals surface area contributed by atoms with Crippen LogP contribution in [-0.2, 0) is 0 Å². The van der Waals surface area contributed by atoms with E-state index in [1.54, 1.807) is 12.1 Å². The van der Waals surface area contributed by atoms with Crippen molar-refractivity contribution < 1.29 is 9.94 Å². The Morgan fingerprint density at radius 1 is 0.905 bits per heavy atom. The minimum Gasteiger partial charge on any atom is -0.454 e. The first-order chi connectivity index (χ1) is 9.92. The number of halogens is 4. The molecule has 0 amide bonds. The van der Waals surface area contributed by atoms with Crippen LogP contribution in [0.1, 0.15) is 5.56 Å². The molecule has 0 fully saturated rings. The van der Waals surface area contributed by atoms with Crippen molar-refractivity contribution in [3.05, 3.63) is 56.0 Å². The minimum atomic E-state index is -0.0592. The van der Waals surface area contributed by atoms with E-state index in [2.05, 4.69) is 5.16 Å². The summed E-state index contributed by atoms with van der Waals surface area (Å²) < 4.78 is 5.59. The maximum atomic E-state index is 8.62. The van der Waals surface area contributed by atoms with Gasteiger partial charge in [-0.15, -0.1) is 0 Å². The number of nitrogens with two attached hydrogens (primary N) is 1. The lowest BCUT2D eigenvalue weighted by molar-refractivity contribution is 0.318. The van der Waals surface area contributed by atoms with Crippen molar-refractivity contribution in [3.63, 3.8) is 0 Å². The van der Waals surface area contributed by atoms with Gasteiger partial charge in [0.15, 0.2) is 5.84 Å². The number of rotatable bonds is 3. The third-order valence-corrected chi connectivity index (χ3v) is 3.84. The third kappa shape index (κ3) is 3.66. The highest BCUT2D eigenvalue weighted by Crippen LogP contribution is 2.38. The molecule has 0 saturated heterocycles. The monoisotopic (exact) mass is 364 g/mol. The van der Waals surface area contributed by atoms with Crippen molar-refractivity contribution in [1.82, 2.24) is 0 Å². The van der Waals surface area contributed by atoms with E-state index in [4.69, 9.17) is 62.1 Å². The van der Waals surface area contributed by atoms with Gasteiger partial charge in [-0.2, -0.15) is 0 Å². The molecule has 3 N–H and O–H groups in total. The van der Waals surface area contributed by atoms with Gasteiger partial charge in [-0.05, 0) is 24.3 Å². The number of nitrogens with zero attached hydrogens (tertiary/aromatic N) is 1. The molecule has 0 radical (unpaired) electrons. The van der Waals surface area contributed by atoms with Gasteiger partial charge in [0.1, 0.15) is 11.5 Å². The van der Waals surface area contributed by atoms with E-state index >= 15 is 0 Å². The predicted molar refractivity (Wildman–Crippen MR) is 85.5 cm³/mol. The minimum absolute atomic E-state index is 0.0592. The van der Waals surface area contributed by atoms with Crippen LogP contribution in [0.4, 0.5) is 0 Å². The van der Waals surface area contributed by atoms with E-state index < -0.39 is 0 Å². The quantitative estimate of drug-likeness (QED) is 0.258. The summed E-state index contributed by atoms with van der Waals surface area (Å²) in [4.78, 5) is 0. The van der Waals surface area contributed by atoms with Crippen molar-refractivity contribution in [2.24, 2.45) is 10.9 Å². The number of oxime groups is 1. The standard InChI is InChI=1S/C13H8Cl4N2O2/c14-7-4-10(17)12(5-8(7)15)21-11-2-1-6(3-9(11)16)13(18)19-20/h1-5,20H,(H2,18,19). The van der Waals surface area contributed by atoms with Gasteiger partial charge in [0, 0.05) is 11.6 Å². The van der Waals surface area contributed by atoms with E-state index in [0.717, 1.165) is 0 Å². The van der Waals surface area contributed by atoms with Crippen LogP contribution in [0.25, 0.3) is 0 Å². The molecule has 0 bridgehead atoms. The summed E-state index contributed by atoms with van der Waals surface area (Å²) in [5.74, 6) is 0.590. The zero-order valence-corrected chi connectivity index (χ0v) is 13.3. The molecule has 0 saturated carbocycles. The van der Waals surface area contributed by atoms with Crippen molar-refractivity contribution >= 4 is 52.2 Å². The van der Waals surface area contributed by atoms with E-state index in [-0.39, 0.29) is 10.9 Å². The van der Waals surface area contributed by atoms with Crippen LogP contribution in [0.3, 0.4) is 0 Å². The summed E-state index contributed by atoms with van der Waals surface area (Å²) in [6.07, 6.45) is 0. The Bertz CT molecular complexity index is 720. The second-order valence-corrected chi connectivity index (χ2v) is 5.56. The molecule has 0 spiro atoms. The number of hydrogen-bond donors (Lipinski definition) is 2. The SMILES string of the molecule is NC(=NO)c1ccc(Oc2cc(Cl)c(Cl)cc2Cl)c(Cl)c1. The van der Waals surface area contributed by atoms with Gasteiger partial charge >= 0.3 is 0 Å². The fourth-order valence-corrected chi connectivity index (χ4v) is 2.30. The Morgan fingerprint density at radius 3 is 2.14 bits per heavy atom. The molecule has 0 aliphatic rings. The largest absolute Gasteiger partial charge is 0.454 e. The molecule has 0 aliphatic heterocycles. The molecule has 8 heteroatoms. The molecule has 2 rings (SSSR count). The first kappa shape index (κ1) is 16.0. The van der Waals surface area contributed by atoms with Crippen LogP contribution in [-0.4, -0.2) is 11.0 Å². The molecule has 2 aromatic carbocycles. The van der Waals surface area contributed by atoms with Gasteiger partial charge in [0.05, 0.1) is 20.1 Å². The Balaban J connectivity index is 2.34. The highest BCUT2D eigenvalue weighted by atomic mass is 35.5. The second-order valence-electron chi connectivity index (χ2n) is 3.93. The molecular weight excluding hydrogens is 358 g/mol. The topological polar surface area (TPSA) is 67.8 Å². The second kappa shape index (κ2) is 6.62. The van der Waals surface area contributed by atoms with Crippen molar-refractivity contribution in [3.8, 4) is 11.5 Å². The van der Waals surface area contributed by atoms with Gasteiger partial charge in [-0.25, -0.2) is 0 Å². The smallest absolute Gasteiger partial charge is 0.170 e. The van der Waals surface area contributed by atoms with Crippen LogP contribution in [0.2, 0.25) is 20.1 Å². The van der Waals surface area contributed by atoms with Gasteiger partial charge in [0.25, 0.3) is 0 Å². The highest BCUT2D eigenvalue weighted by molar-refractivity contribution is 6.43. The zero-order chi connectivity index (χ0) is 15.6. The third-order valence-electron chi connectivity index (χ3n) is 2.53. The Hall–Kier alpha value is -1.33. The van der Waals surface area contributed by atoms with E-state index in [0.29, 0.717) is 32.1 Å². The summed E-state index contributed by atoms with van der Waals surface area (Å²) in [7, 11) is 0. The Labute approximate surface area is 140 Å². The van der Waals surface area contributed by atoms with Gasteiger partial charge in [-0.3, -0.25) is 0 Å². The van der Waals surface area contributed by atoms with Crippen molar-refractivity contribution in [1.29, 1.82) is 0 Å². The lowest BCUT2D eigenvalue weighted by Gasteiger charge is -2.11. The average Bonchev–Trinajstić information content (AvgIpc) is 2.45. The Morgan fingerprint density at radius 2 is 1.52 bits per heavy atom. The predicted octanol–water partition coefficient (Wildman–Crippen LogP) is 5.19. The average molecular weight is 366 g/mol. The van der Waals surface area contributed by atoms with Crippen molar-refractivity contribution in [2.45, 2.75) is 0 Å². The number of amidine groups is 1. The summed E-state index contributed by atoms with van der Waals surface area (Å²) in [5, 5.41) is 12.7. The number of ether oxygens (including phenoxy) is 1. The van der Waals surface area contributed by atoms with E-state index in [9.17, 15) is 0 Å². The molecule has 0 aliphatic carbocycles. The molecule has 0 aromatic heterocycles. The van der Waals surface area contributed by atoms with Crippen LogP contribution >= 0.6 is 46.4 Å². The summed E-state index contributed by atoms with van der Waals surface area (Å²) >= 11 is 23.9. The molecule has 0 atom stereocenters. The highest BCUT2D eigenvalue weighted by Gasteiger charge is 2.11. The first-order valence-electron chi connectivity index (χ1n) is 5.52. The fraction of sp³-hybridized carbons (Fsp3) is 0. The van der Waals surface area contributed by atoms with Gasteiger partial charge < -0.3 is 15.7 Å². The molecular formula is C13H8Cl4N2O2. The maximum absolute atomic E-state index is 8.62. The van der Waals surface area contributed by atoms with Crippen LogP contribution in [0.15, 0.2) is 35.5 Å².